The van der Waals surface area contributed by atoms with Crippen molar-refractivity contribution in [2.75, 3.05) is 25.5 Å². The zero-order chi connectivity index (χ0) is 14.7. The van der Waals surface area contributed by atoms with Crippen LogP contribution in [0.25, 0.3) is 0 Å². The number of carbonyl (C=O) groups is 2. The zero-order valence-corrected chi connectivity index (χ0v) is 11.5. The average molecular weight is 278 g/mol. The van der Waals surface area contributed by atoms with E-state index >= 15 is 0 Å². The van der Waals surface area contributed by atoms with Crippen molar-refractivity contribution in [1.29, 1.82) is 0 Å². The maximum Gasteiger partial charge on any atom is 0.253 e. The van der Waals surface area contributed by atoms with Gasteiger partial charge in [0.15, 0.2) is 0 Å². The lowest BCUT2D eigenvalue weighted by Crippen LogP contribution is -2.29. The van der Waals surface area contributed by atoms with E-state index in [1.165, 1.54) is 4.90 Å². The van der Waals surface area contributed by atoms with Crippen molar-refractivity contribution < 1.29 is 19.4 Å². The van der Waals surface area contributed by atoms with Crippen LogP contribution in [0.2, 0.25) is 0 Å². The zero-order valence-electron chi connectivity index (χ0n) is 11.5. The van der Waals surface area contributed by atoms with Crippen LogP contribution in [0.15, 0.2) is 18.2 Å². The first kappa shape index (κ1) is 14.3. The van der Waals surface area contributed by atoms with Crippen LogP contribution in [0.1, 0.15) is 23.7 Å². The van der Waals surface area contributed by atoms with Crippen LogP contribution >= 0.6 is 0 Å². The molecule has 1 aromatic rings. The molecule has 1 aliphatic heterocycles. The van der Waals surface area contributed by atoms with Crippen LogP contribution in [0.4, 0.5) is 5.69 Å². The predicted molar refractivity (Wildman–Crippen MR) is 73.8 cm³/mol. The van der Waals surface area contributed by atoms with Gasteiger partial charge in [0.25, 0.3) is 5.91 Å². The molecule has 20 heavy (non-hydrogen) atoms. The molecular weight excluding hydrogens is 260 g/mol. The van der Waals surface area contributed by atoms with Crippen molar-refractivity contribution in [1.82, 2.24) is 4.90 Å². The number of benzene rings is 1. The highest BCUT2D eigenvalue weighted by Gasteiger charge is 2.21. The molecule has 1 atom stereocenters. The van der Waals surface area contributed by atoms with Gasteiger partial charge in [-0.2, -0.15) is 0 Å². The Bertz CT molecular complexity index is 530. The number of anilines is 1. The van der Waals surface area contributed by atoms with Crippen molar-refractivity contribution in [3.8, 4) is 5.75 Å². The standard InChI is InChI=1S/C14H18N2O4/c1-9-7-13(18)15-11-8-10(3-4-12(11)20-9)14(19)16(2)5-6-17/h3-4,8-9,17H,5-7H2,1-2H3,(H,15,18). The molecule has 0 aromatic heterocycles. The summed E-state index contributed by atoms with van der Waals surface area (Å²) < 4.78 is 5.62. The van der Waals surface area contributed by atoms with Gasteiger partial charge >= 0.3 is 0 Å². The van der Waals surface area contributed by atoms with Gasteiger partial charge in [-0.1, -0.05) is 0 Å². The molecule has 1 aliphatic rings. The molecule has 2 amide bonds. The van der Waals surface area contributed by atoms with E-state index in [1.807, 2.05) is 6.92 Å². The summed E-state index contributed by atoms with van der Waals surface area (Å²) in [6, 6.07) is 4.93. The predicted octanol–water partition coefficient (Wildman–Crippen LogP) is 0.860. The van der Waals surface area contributed by atoms with Crippen LogP contribution in [0.3, 0.4) is 0 Å². The highest BCUT2D eigenvalue weighted by molar-refractivity contribution is 5.98. The molecule has 2 N–H and O–H groups in total. The van der Waals surface area contributed by atoms with E-state index in [4.69, 9.17) is 9.84 Å². The molecule has 0 fully saturated rings. The van der Waals surface area contributed by atoms with E-state index in [-0.39, 0.29) is 37.5 Å². The summed E-state index contributed by atoms with van der Waals surface area (Å²) in [4.78, 5) is 25.2. The smallest absolute Gasteiger partial charge is 0.253 e. The summed E-state index contributed by atoms with van der Waals surface area (Å²) in [5.41, 5.74) is 0.945. The third-order valence-corrected chi connectivity index (χ3v) is 3.08. The molecule has 0 saturated heterocycles. The normalized spacial score (nSPS) is 17.6. The van der Waals surface area contributed by atoms with E-state index < -0.39 is 0 Å². The topological polar surface area (TPSA) is 78.9 Å². The molecule has 0 saturated carbocycles. The maximum absolute atomic E-state index is 12.1. The number of nitrogens with one attached hydrogen (secondary N) is 1. The summed E-state index contributed by atoms with van der Waals surface area (Å²) in [6.07, 6.45) is 0.0809. The average Bonchev–Trinajstić information content (AvgIpc) is 2.53. The van der Waals surface area contributed by atoms with E-state index in [2.05, 4.69) is 5.32 Å². The Morgan fingerprint density at radius 1 is 1.55 bits per heavy atom. The number of fused-ring (bicyclic) bond motifs is 1. The summed E-state index contributed by atoms with van der Waals surface area (Å²) in [5, 5.41) is 11.6. The van der Waals surface area contributed by atoms with Gasteiger partial charge in [-0.15, -0.1) is 0 Å². The molecule has 0 spiro atoms. The SMILES string of the molecule is CC1CC(=O)Nc2cc(C(=O)N(C)CCO)ccc2O1. The van der Waals surface area contributed by atoms with Gasteiger partial charge in [0.05, 0.1) is 18.7 Å². The Balaban J connectivity index is 2.27. The van der Waals surface area contributed by atoms with Crippen molar-refractivity contribution in [2.45, 2.75) is 19.4 Å². The minimum atomic E-state index is -0.214. The van der Waals surface area contributed by atoms with Crippen molar-refractivity contribution in [2.24, 2.45) is 0 Å². The summed E-state index contributed by atoms with van der Waals surface area (Å²) in [5.74, 6) is 0.211. The number of aliphatic hydroxyl groups excluding tert-OH is 1. The molecule has 1 unspecified atom stereocenters. The van der Waals surface area contributed by atoms with Crippen molar-refractivity contribution in [3.63, 3.8) is 0 Å². The molecule has 1 aromatic carbocycles. The fraction of sp³-hybridized carbons (Fsp3) is 0.429. The summed E-state index contributed by atoms with van der Waals surface area (Å²) in [7, 11) is 1.61. The van der Waals surface area contributed by atoms with Crippen LogP contribution in [0.5, 0.6) is 5.75 Å². The minimum Gasteiger partial charge on any atom is -0.488 e. The number of rotatable bonds is 3. The molecule has 0 radical (unpaired) electrons. The van der Waals surface area contributed by atoms with Crippen LogP contribution in [-0.2, 0) is 4.79 Å². The number of hydrogen-bond acceptors (Lipinski definition) is 4. The Morgan fingerprint density at radius 2 is 2.30 bits per heavy atom. The Kier molecular flexibility index (Phi) is 4.24. The van der Waals surface area contributed by atoms with E-state index in [9.17, 15) is 9.59 Å². The van der Waals surface area contributed by atoms with Gasteiger partial charge < -0.3 is 20.1 Å². The third-order valence-electron chi connectivity index (χ3n) is 3.08. The fourth-order valence-corrected chi connectivity index (χ4v) is 2.06. The molecule has 6 heteroatoms. The summed E-state index contributed by atoms with van der Waals surface area (Å²) in [6.45, 7) is 1.99. The molecule has 1 heterocycles. The second-order valence-electron chi connectivity index (χ2n) is 4.84. The van der Waals surface area contributed by atoms with Crippen molar-refractivity contribution >= 4 is 17.5 Å². The van der Waals surface area contributed by atoms with Gasteiger partial charge in [0.2, 0.25) is 5.91 Å². The van der Waals surface area contributed by atoms with E-state index in [0.29, 0.717) is 17.0 Å². The Morgan fingerprint density at radius 3 is 3.00 bits per heavy atom. The molecule has 0 aliphatic carbocycles. The highest BCUT2D eigenvalue weighted by Crippen LogP contribution is 2.30. The lowest BCUT2D eigenvalue weighted by atomic mass is 10.1. The van der Waals surface area contributed by atoms with Gasteiger partial charge in [0.1, 0.15) is 11.9 Å². The molecular formula is C14H18N2O4. The molecule has 6 nitrogen and oxygen atoms in total. The maximum atomic E-state index is 12.1. The quantitative estimate of drug-likeness (QED) is 0.859. The number of amides is 2. The molecule has 2 rings (SSSR count). The summed E-state index contributed by atoms with van der Waals surface area (Å²) >= 11 is 0. The number of likely N-dealkylation sites (N-methyl/N-ethyl adjacent to an activating group) is 1. The molecule has 0 bridgehead atoms. The van der Waals surface area contributed by atoms with Gasteiger partial charge in [-0.25, -0.2) is 0 Å². The first-order valence-corrected chi connectivity index (χ1v) is 6.48. The first-order chi connectivity index (χ1) is 9.51. The first-order valence-electron chi connectivity index (χ1n) is 6.48. The minimum absolute atomic E-state index is 0.0927. The number of hydrogen-bond donors (Lipinski definition) is 2. The number of ether oxygens (including phenoxy) is 1. The third kappa shape index (κ3) is 3.08. The van der Waals surface area contributed by atoms with Gasteiger partial charge in [-0.05, 0) is 25.1 Å². The van der Waals surface area contributed by atoms with E-state index in [1.54, 1.807) is 25.2 Å². The Hall–Kier alpha value is -2.08. The van der Waals surface area contributed by atoms with Crippen molar-refractivity contribution in [3.05, 3.63) is 23.8 Å². The van der Waals surface area contributed by atoms with E-state index in [0.717, 1.165) is 0 Å². The second-order valence-corrected chi connectivity index (χ2v) is 4.84. The molecule has 108 valence electrons. The second kappa shape index (κ2) is 5.92. The Labute approximate surface area is 117 Å². The highest BCUT2D eigenvalue weighted by atomic mass is 16.5. The van der Waals surface area contributed by atoms with Crippen LogP contribution < -0.4 is 10.1 Å². The number of nitrogens with zero attached hydrogens (tertiary/aromatic N) is 1. The fourth-order valence-electron chi connectivity index (χ4n) is 2.06. The largest absolute Gasteiger partial charge is 0.488 e. The van der Waals surface area contributed by atoms with Crippen LogP contribution in [0, 0.1) is 0 Å². The monoisotopic (exact) mass is 278 g/mol. The van der Waals surface area contributed by atoms with Gasteiger partial charge in [-0.3, -0.25) is 9.59 Å². The number of aliphatic hydroxyl groups is 1. The van der Waals surface area contributed by atoms with Crippen LogP contribution in [-0.4, -0.2) is 48.1 Å². The number of carbonyl (C=O) groups excluding carboxylic acids is 2. The lowest BCUT2D eigenvalue weighted by molar-refractivity contribution is -0.117. The lowest BCUT2D eigenvalue weighted by Gasteiger charge is -2.17. The van der Waals surface area contributed by atoms with Gasteiger partial charge in [0, 0.05) is 19.2 Å².